The Hall–Kier alpha value is -5.26. The molecule has 0 bridgehead atoms. The van der Waals surface area contributed by atoms with Crippen molar-refractivity contribution in [1.82, 2.24) is 0 Å². The zero-order valence-electron chi connectivity index (χ0n) is 55.2. The topological polar surface area (TPSA) is 72.8 Å². The summed E-state index contributed by atoms with van der Waals surface area (Å²) >= 11 is 0. The molecule has 0 amide bonds. The summed E-state index contributed by atoms with van der Waals surface area (Å²) in [6, 6.07) is 0. The van der Waals surface area contributed by atoms with Crippen LogP contribution >= 0.6 is 0 Å². The molecular weight excluding hydrogens is 1050 g/mol. The summed E-state index contributed by atoms with van der Waals surface area (Å²) in [5, 5.41) is 9.70. The van der Waals surface area contributed by atoms with E-state index >= 15 is 0 Å². The van der Waals surface area contributed by atoms with Crippen molar-refractivity contribution >= 4 is 11.9 Å². The van der Waals surface area contributed by atoms with Gasteiger partial charge in [0.25, 0.3) is 0 Å². The molecule has 1 unspecified atom stereocenters. The zero-order valence-corrected chi connectivity index (χ0v) is 55.2. The molecule has 1 atom stereocenters. The Morgan fingerprint density at radius 3 is 0.698 bits per heavy atom. The number of hydrogen-bond acceptors (Lipinski definition) is 5. The third kappa shape index (κ3) is 71.2. The maximum atomic E-state index is 12.4. The smallest absolute Gasteiger partial charge is 0.306 e. The molecule has 0 aromatic rings. The lowest BCUT2D eigenvalue weighted by Crippen LogP contribution is -2.28. The molecule has 482 valence electrons. The molecule has 0 aliphatic carbocycles. The van der Waals surface area contributed by atoms with Crippen molar-refractivity contribution in [1.29, 1.82) is 0 Å². The van der Waals surface area contributed by atoms with E-state index in [1.165, 1.54) is 103 Å². The SMILES string of the molecule is CC/C=C\C/C=C\C/C=C\C/C=C\C/C=C\C/C=C\C/C=C\C/C=C\C/C=C\C/C=C\CCCCCCCCC(=O)OC(CO)COC(=O)CCCCCCCCCCCCCCCCCC/C=C\C/C=C\C/C=C\C/C=C\C/C=C\C/C=C\CC. The predicted octanol–water partition coefficient (Wildman–Crippen LogP) is 24.8. The Morgan fingerprint density at radius 1 is 0.267 bits per heavy atom. The first-order valence-electron chi connectivity index (χ1n) is 35.0. The van der Waals surface area contributed by atoms with Crippen LogP contribution in [0.1, 0.15) is 284 Å². The largest absolute Gasteiger partial charge is 0.462 e. The van der Waals surface area contributed by atoms with Crippen LogP contribution in [0.5, 0.6) is 0 Å². The van der Waals surface area contributed by atoms with E-state index in [9.17, 15) is 14.7 Å². The molecule has 0 aliphatic rings. The maximum Gasteiger partial charge on any atom is 0.306 e. The highest BCUT2D eigenvalue weighted by Crippen LogP contribution is 2.16. The van der Waals surface area contributed by atoms with Crippen LogP contribution in [0.2, 0.25) is 0 Å². The quantitative estimate of drug-likeness (QED) is 0.0373. The molecule has 0 rings (SSSR count). The van der Waals surface area contributed by atoms with Crippen molar-refractivity contribution in [3.63, 3.8) is 0 Å². The zero-order chi connectivity index (χ0) is 61.9. The normalized spacial score (nSPS) is 13.5. The van der Waals surface area contributed by atoms with Crippen molar-refractivity contribution in [2.45, 2.75) is 290 Å². The van der Waals surface area contributed by atoms with Crippen LogP contribution in [0.4, 0.5) is 0 Å². The molecule has 1 N–H and O–H groups in total. The summed E-state index contributed by atoms with van der Waals surface area (Å²) in [5.41, 5.74) is 0. The third-order valence-corrected chi connectivity index (χ3v) is 14.4. The van der Waals surface area contributed by atoms with E-state index in [-0.39, 0.29) is 25.2 Å². The predicted molar refractivity (Wildman–Crippen MR) is 379 cm³/mol. The second-order valence-electron chi connectivity index (χ2n) is 22.5. The van der Waals surface area contributed by atoms with Crippen LogP contribution < -0.4 is 0 Å². The number of carbonyl (C=O) groups excluding carboxylic acids is 2. The first-order valence-corrected chi connectivity index (χ1v) is 35.0. The van der Waals surface area contributed by atoms with Crippen molar-refractivity contribution < 1.29 is 24.2 Å². The summed E-state index contributed by atoms with van der Waals surface area (Å²) in [6.07, 6.45) is 117. The van der Waals surface area contributed by atoms with E-state index in [2.05, 4.69) is 208 Å². The van der Waals surface area contributed by atoms with Crippen molar-refractivity contribution in [3.8, 4) is 0 Å². The Morgan fingerprint density at radius 2 is 0.465 bits per heavy atom. The number of aliphatic hydroxyl groups is 1. The van der Waals surface area contributed by atoms with Gasteiger partial charge in [0.15, 0.2) is 6.10 Å². The highest BCUT2D eigenvalue weighted by molar-refractivity contribution is 5.70. The number of allylic oxidation sites excluding steroid dienone is 32. The van der Waals surface area contributed by atoms with Gasteiger partial charge in [-0.05, 0) is 141 Å². The van der Waals surface area contributed by atoms with Crippen molar-refractivity contribution in [2.24, 2.45) is 0 Å². The van der Waals surface area contributed by atoms with E-state index in [1.54, 1.807) is 0 Å². The molecule has 0 fully saturated rings. The second kappa shape index (κ2) is 74.0. The average Bonchev–Trinajstić information content (AvgIpc) is 3.53. The average molecular weight is 1180 g/mol. The molecule has 0 saturated carbocycles. The number of carbonyl (C=O) groups is 2. The second-order valence-corrected chi connectivity index (χ2v) is 22.5. The van der Waals surface area contributed by atoms with Gasteiger partial charge in [-0.2, -0.15) is 0 Å². The van der Waals surface area contributed by atoms with Crippen LogP contribution in [0.3, 0.4) is 0 Å². The van der Waals surface area contributed by atoms with Crippen molar-refractivity contribution in [3.05, 3.63) is 194 Å². The lowest BCUT2D eigenvalue weighted by Gasteiger charge is -2.15. The Balaban J connectivity index is 3.58. The van der Waals surface area contributed by atoms with Gasteiger partial charge in [-0.25, -0.2) is 0 Å². The van der Waals surface area contributed by atoms with E-state index in [1.807, 2.05) is 0 Å². The molecule has 86 heavy (non-hydrogen) atoms. The maximum absolute atomic E-state index is 12.4. The molecule has 0 heterocycles. The minimum Gasteiger partial charge on any atom is -0.462 e. The van der Waals surface area contributed by atoms with Crippen LogP contribution in [0, 0.1) is 0 Å². The fourth-order valence-electron chi connectivity index (χ4n) is 9.24. The van der Waals surface area contributed by atoms with Gasteiger partial charge in [0, 0.05) is 12.8 Å². The number of esters is 2. The molecule has 0 aliphatic heterocycles. The van der Waals surface area contributed by atoms with Crippen LogP contribution in [0.15, 0.2) is 194 Å². The van der Waals surface area contributed by atoms with Gasteiger partial charge < -0.3 is 14.6 Å². The lowest BCUT2D eigenvalue weighted by molar-refractivity contribution is -0.161. The summed E-state index contributed by atoms with van der Waals surface area (Å²) in [6.45, 7) is 3.90. The molecule has 0 spiro atoms. The van der Waals surface area contributed by atoms with Gasteiger partial charge in [0.1, 0.15) is 6.61 Å². The van der Waals surface area contributed by atoms with Gasteiger partial charge in [-0.15, -0.1) is 0 Å². The number of rotatable bonds is 62. The summed E-state index contributed by atoms with van der Waals surface area (Å²) in [4.78, 5) is 24.7. The third-order valence-electron chi connectivity index (χ3n) is 14.4. The van der Waals surface area contributed by atoms with Crippen LogP contribution in [-0.4, -0.2) is 36.4 Å². The Bertz CT molecular complexity index is 1970. The summed E-state index contributed by atoms with van der Waals surface area (Å²) < 4.78 is 10.7. The molecule has 0 saturated heterocycles. The highest BCUT2D eigenvalue weighted by atomic mass is 16.6. The van der Waals surface area contributed by atoms with E-state index in [0.29, 0.717) is 12.8 Å². The monoisotopic (exact) mass is 1180 g/mol. The number of ether oxygens (including phenoxy) is 2. The molecule has 0 aromatic carbocycles. The Labute approximate surface area is 530 Å². The molecular formula is C81H128O5. The van der Waals surface area contributed by atoms with Gasteiger partial charge >= 0.3 is 11.9 Å². The fraction of sp³-hybridized carbons (Fsp3) is 0.580. The van der Waals surface area contributed by atoms with Crippen LogP contribution in [-0.2, 0) is 19.1 Å². The fourth-order valence-corrected chi connectivity index (χ4v) is 9.24. The summed E-state index contributed by atoms with van der Waals surface area (Å²) in [5.74, 6) is -0.614. The first-order chi connectivity index (χ1) is 42.6. The van der Waals surface area contributed by atoms with Gasteiger partial charge in [0.2, 0.25) is 0 Å². The first kappa shape index (κ1) is 80.7. The summed E-state index contributed by atoms with van der Waals surface area (Å²) in [7, 11) is 0. The highest BCUT2D eigenvalue weighted by Gasteiger charge is 2.16. The standard InChI is InChI=1S/C81H128O5/c1-3-5-7-9-11-13-15-17-19-21-23-25-27-29-31-33-35-37-39-40-42-44-46-48-50-52-54-56-58-60-62-64-66-68-70-72-74-76-81(84)86-79(77-82)78-85-80(83)75-73-71-69-67-65-63-61-59-57-55-53-51-49-47-45-43-41-38-36-34-32-30-28-26-24-22-20-18-16-14-12-10-8-6-4-2/h5-8,11-14,17-20,23-26,29-32,35-38,40,42,46,48,52,54,58,60,79,82H,3-4,9-10,15-16,21-22,27-28,33-34,39,41,43-45,47,49-51,53,55-57,59,61-78H2,1-2H3/b7-5-,8-6-,13-11-,14-12-,19-17-,20-18-,25-23-,26-24-,31-29-,32-30-,37-35-,38-36-,42-40-,48-46-,54-52-,60-58-. The van der Waals surface area contributed by atoms with E-state index in [4.69, 9.17) is 9.47 Å². The number of unbranched alkanes of at least 4 members (excludes halogenated alkanes) is 22. The minimum absolute atomic E-state index is 0.0821. The number of aliphatic hydroxyl groups excluding tert-OH is 1. The molecule has 0 radical (unpaired) electrons. The van der Waals surface area contributed by atoms with E-state index in [0.717, 1.165) is 154 Å². The van der Waals surface area contributed by atoms with Gasteiger partial charge in [-0.1, -0.05) is 324 Å². The van der Waals surface area contributed by atoms with E-state index < -0.39 is 6.10 Å². The van der Waals surface area contributed by atoms with Crippen LogP contribution in [0.25, 0.3) is 0 Å². The molecule has 0 aromatic heterocycles. The van der Waals surface area contributed by atoms with Gasteiger partial charge in [0.05, 0.1) is 6.61 Å². The van der Waals surface area contributed by atoms with Crippen molar-refractivity contribution in [2.75, 3.05) is 13.2 Å². The molecule has 5 nitrogen and oxygen atoms in total. The number of hydrogen-bond donors (Lipinski definition) is 1. The Kier molecular flexibility index (Phi) is 69.5. The molecule has 5 heteroatoms. The minimum atomic E-state index is -0.795. The lowest BCUT2D eigenvalue weighted by atomic mass is 10.0. The van der Waals surface area contributed by atoms with Gasteiger partial charge in [-0.3, -0.25) is 9.59 Å².